The molecule has 2 aromatic heterocycles. The molecule has 2 aromatic rings. The van der Waals surface area contributed by atoms with Gasteiger partial charge in [0.15, 0.2) is 5.06 Å². The van der Waals surface area contributed by atoms with Crippen molar-refractivity contribution >= 4 is 48.2 Å². The highest BCUT2D eigenvalue weighted by Crippen LogP contribution is 2.42. The lowest BCUT2D eigenvalue weighted by atomic mass is 10.5. The Kier molecular flexibility index (Phi) is 1.86. The van der Waals surface area contributed by atoms with E-state index in [1.807, 2.05) is 6.20 Å². The monoisotopic (exact) mass is 249 g/mol. The van der Waals surface area contributed by atoms with E-state index in [4.69, 9.17) is 4.74 Å². The lowest BCUT2D eigenvalue weighted by Crippen LogP contribution is -1.76. The van der Waals surface area contributed by atoms with Gasteiger partial charge >= 0.3 is 0 Å². The summed E-state index contributed by atoms with van der Waals surface area (Å²) in [7, 11) is 1.67. The third kappa shape index (κ3) is 1.07. The molecular weight excluding hydrogens is 246 g/mol. The number of nitrogens with zero attached hydrogens (tertiary/aromatic N) is 1. The van der Waals surface area contributed by atoms with Crippen molar-refractivity contribution in [2.75, 3.05) is 7.11 Å². The van der Waals surface area contributed by atoms with Gasteiger partial charge in [-0.25, -0.2) is 0 Å². The quantitative estimate of drug-likeness (QED) is 0.775. The molecule has 2 rings (SSSR count). The average molecular weight is 250 g/mol. The van der Waals surface area contributed by atoms with Crippen LogP contribution in [0.2, 0.25) is 0 Å². The predicted molar refractivity (Wildman–Crippen MR) is 51.7 cm³/mol. The van der Waals surface area contributed by atoms with Gasteiger partial charge in [0, 0.05) is 5.39 Å². The standard InChI is InChI=1S/C6H4BrNOS2/c1-9-5-4(7)3-2-8-11-6(3)10-5/h2H,1H3. The molecule has 0 unspecified atom stereocenters. The van der Waals surface area contributed by atoms with Gasteiger partial charge < -0.3 is 4.74 Å². The Bertz CT molecular complexity index is 381. The number of methoxy groups -OCH3 is 1. The summed E-state index contributed by atoms with van der Waals surface area (Å²) < 4.78 is 11.4. The summed E-state index contributed by atoms with van der Waals surface area (Å²) in [6.45, 7) is 0. The first-order valence-electron chi connectivity index (χ1n) is 2.89. The van der Waals surface area contributed by atoms with Crippen LogP contribution >= 0.6 is 38.8 Å². The Morgan fingerprint density at radius 1 is 1.64 bits per heavy atom. The second-order valence-electron chi connectivity index (χ2n) is 1.93. The van der Waals surface area contributed by atoms with E-state index < -0.39 is 0 Å². The van der Waals surface area contributed by atoms with Crippen LogP contribution in [0, 0.1) is 0 Å². The predicted octanol–water partition coefficient (Wildman–Crippen LogP) is 3.13. The van der Waals surface area contributed by atoms with Crippen molar-refractivity contribution in [2.45, 2.75) is 0 Å². The van der Waals surface area contributed by atoms with Crippen LogP contribution in [0.3, 0.4) is 0 Å². The van der Waals surface area contributed by atoms with Crippen molar-refractivity contribution in [1.82, 2.24) is 4.37 Å². The zero-order valence-corrected chi connectivity index (χ0v) is 8.85. The van der Waals surface area contributed by atoms with Gasteiger partial charge in [-0.2, -0.15) is 4.37 Å². The maximum absolute atomic E-state index is 5.14. The Balaban J connectivity index is 2.76. The summed E-state index contributed by atoms with van der Waals surface area (Å²) >= 11 is 6.56. The molecule has 0 aliphatic rings. The second-order valence-corrected chi connectivity index (χ2v) is 4.77. The molecule has 0 N–H and O–H groups in total. The number of hydrogen-bond acceptors (Lipinski definition) is 4. The van der Waals surface area contributed by atoms with Gasteiger partial charge in [0.2, 0.25) is 0 Å². The molecule has 0 amide bonds. The minimum absolute atomic E-state index is 0.925. The largest absolute Gasteiger partial charge is 0.486 e. The molecular formula is C6H4BrNOS2. The molecule has 5 heteroatoms. The molecule has 0 radical (unpaired) electrons. The summed E-state index contributed by atoms with van der Waals surface area (Å²) in [5.74, 6) is 0. The molecule has 0 saturated carbocycles. The third-order valence-corrected chi connectivity index (χ3v) is 4.41. The number of hydrogen-bond donors (Lipinski definition) is 0. The Morgan fingerprint density at radius 2 is 2.45 bits per heavy atom. The first kappa shape index (κ1) is 7.52. The first-order valence-corrected chi connectivity index (χ1v) is 5.28. The summed E-state index contributed by atoms with van der Waals surface area (Å²) in [5.41, 5.74) is 0. The summed E-state index contributed by atoms with van der Waals surface area (Å²) in [6, 6.07) is 0. The highest BCUT2D eigenvalue weighted by atomic mass is 79.9. The maximum Gasteiger partial charge on any atom is 0.190 e. The van der Waals surface area contributed by atoms with E-state index in [0.29, 0.717) is 0 Å². The topological polar surface area (TPSA) is 22.1 Å². The number of aromatic nitrogens is 1. The lowest BCUT2D eigenvalue weighted by Gasteiger charge is -1.91. The molecule has 58 valence electrons. The van der Waals surface area contributed by atoms with Crippen molar-refractivity contribution in [2.24, 2.45) is 0 Å². The number of fused-ring (bicyclic) bond motifs is 1. The number of halogens is 1. The molecule has 11 heavy (non-hydrogen) atoms. The van der Waals surface area contributed by atoms with E-state index >= 15 is 0 Å². The maximum atomic E-state index is 5.14. The van der Waals surface area contributed by atoms with Crippen LogP contribution in [0.1, 0.15) is 0 Å². The molecule has 0 bridgehead atoms. The smallest absolute Gasteiger partial charge is 0.190 e. The molecule has 0 fully saturated rings. The van der Waals surface area contributed by atoms with Crippen LogP contribution in [0.4, 0.5) is 0 Å². The molecule has 0 aromatic carbocycles. The second kappa shape index (κ2) is 2.73. The van der Waals surface area contributed by atoms with Crippen LogP contribution in [0.15, 0.2) is 10.7 Å². The van der Waals surface area contributed by atoms with E-state index in [9.17, 15) is 0 Å². The summed E-state index contributed by atoms with van der Waals surface area (Å²) in [5, 5.41) is 2.07. The highest BCUT2D eigenvalue weighted by Gasteiger charge is 2.10. The molecule has 0 spiro atoms. The fourth-order valence-corrected chi connectivity index (χ4v) is 3.51. The van der Waals surface area contributed by atoms with Crippen molar-refractivity contribution in [3.63, 3.8) is 0 Å². The SMILES string of the molecule is COc1sc2sncc2c1Br. The van der Waals surface area contributed by atoms with Crippen molar-refractivity contribution in [3.05, 3.63) is 10.7 Å². The van der Waals surface area contributed by atoms with Crippen molar-refractivity contribution < 1.29 is 4.74 Å². The van der Waals surface area contributed by atoms with Crippen molar-refractivity contribution in [3.8, 4) is 5.06 Å². The van der Waals surface area contributed by atoms with Crippen LogP contribution < -0.4 is 4.74 Å². The lowest BCUT2D eigenvalue weighted by molar-refractivity contribution is 0.425. The van der Waals surface area contributed by atoms with Crippen LogP contribution in [0.5, 0.6) is 5.06 Å². The normalized spacial score (nSPS) is 10.7. The summed E-state index contributed by atoms with van der Waals surface area (Å²) in [6.07, 6.45) is 1.85. The van der Waals surface area contributed by atoms with Gasteiger partial charge in [0.1, 0.15) is 4.01 Å². The molecule has 0 saturated heterocycles. The third-order valence-electron chi connectivity index (χ3n) is 1.32. The van der Waals surface area contributed by atoms with Crippen LogP contribution in [-0.4, -0.2) is 11.5 Å². The van der Waals surface area contributed by atoms with Gasteiger partial charge in [-0.05, 0) is 27.5 Å². The molecule has 0 atom stereocenters. The Labute approximate surface area is 80.1 Å². The van der Waals surface area contributed by atoms with Crippen molar-refractivity contribution in [1.29, 1.82) is 0 Å². The summed E-state index contributed by atoms with van der Waals surface area (Å²) in [4.78, 5) is 0. The average Bonchev–Trinajstić information content (AvgIpc) is 2.53. The highest BCUT2D eigenvalue weighted by molar-refractivity contribution is 9.10. The first-order chi connectivity index (χ1) is 5.33. The zero-order valence-electron chi connectivity index (χ0n) is 5.63. The van der Waals surface area contributed by atoms with E-state index in [1.54, 1.807) is 18.4 Å². The van der Waals surface area contributed by atoms with Gasteiger partial charge in [-0.1, -0.05) is 11.3 Å². The minimum Gasteiger partial charge on any atom is -0.486 e. The molecule has 2 nitrogen and oxygen atoms in total. The van der Waals surface area contributed by atoms with Gasteiger partial charge in [-0.3, -0.25) is 0 Å². The van der Waals surface area contributed by atoms with E-state index in [0.717, 1.165) is 14.9 Å². The van der Waals surface area contributed by atoms with E-state index in [-0.39, 0.29) is 0 Å². The minimum atomic E-state index is 0.925. The van der Waals surface area contributed by atoms with E-state index in [2.05, 4.69) is 20.3 Å². The Hall–Kier alpha value is -0.130. The fourth-order valence-electron chi connectivity index (χ4n) is 0.819. The fraction of sp³-hybridized carbons (Fsp3) is 0.167. The molecule has 2 heterocycles. The van der Waals surface area contributed by atoms with Gasteiger partial charge in [-0.15, -0.1) is 0 Å². The number of thiophene rings is 1. The molecule has 0 aliphatic carbocycles. The number of rotatable bonds is 1. The van der Waals surface area contributed by atoms with E-state index in [1.165, 1.54) is 15.5 Å². The van der Waals surface area contributed by atoms with Crippen LogP contribution in [-0.2, 0) is 0 Å². The van der Waals surface area contributed by atoms with Gasteiger partial charge in [0.05, 0.1) is 17.8 Å². The Morgan fingerprint density at radius 3 is 3.09 bits per heavy atom. The molecule has 0 aliphatic heterocycles. The number of ether oxygens (including phenoxy) is 1. The van der Waals surface area contributed by atoms with Crippen LogP contribution in [0.25, 0.3) is 9.40 Å². The van der Waals surface area contributed by atoms with Gasteiger partial charge in [0.25, 0.3) is 0 Å². The zero-order chi connectivity index (χ0) is 7.84.